The van der Waals surface area contributed by atoms with E-state index in [0.717, 1.165) is 11.3 Å². The molecule has 7 N–H and O–H groups in total. The molecule has 0 bridgehead atoms. The van der Waals surface area contributed by atoms with Crippen molar-refractivity contribution in [3.8, 4) is 0 Å². The third kappa shape index (κ3) is 4.61. The number of hydrogen-bond donors (Lipinski definition) is 5. The fourth-order valence-corrected chi connectivity index (χ4v) is 3.72. The number of nitrogens with zero attached hydrogens (tertiary/aromatic N) is 3. The Morgan fingerprint density at radius 3 is 2.52 bits per heavy atom. The Morgan fingerprint density at radius 1 is 1.45 bits per heavy atom. The van der Waals surface area contributed by atoms with Crippen LogP contribution in [0.1, 0.15) is 26.5 Å². The van der Waals surface area contributed by atoms with Gasteiger partial charge in [0, 0.05) is 5.38 Å². The molecular formula is C13H19N7O7S2. The van der Waals surface area contributed by atoms with Crippen molar-refractivity contribution in [3.63, 3.8) is 0 Å². The minimum absolute atomic E-state index is 0.0000167. The zero-order chi connectivity index (χ0) is 22.1. The lowest BCUT2D eigenvalue weighted by Gasteiger charge is -2.42. The van der Waals surface area contributed by atoms with Crippen LogP contribution in [0.3, 0.4) is 0 Å². The smallest absolute Gasteiger partial charge is 0.362 e. The minimum Gasteiger partial charge on any atom is -0.379 e. The van der Waals surface area contributed by atoms with E-state index in [0.29, 0.717) is 0 Å². The van der Waals surface area contributed by atoms with Gasteiger partial charge in [-0.25, -0.2) is 15.1 Å². The Hall–Kier alpha value is -2.82. The maximum atomic E-state index is 12.7. The van der Waals surface area contributed by atoms with Gasteiger partial charge >= 0.3 is 10.3 Å². The number of hydrazine groups is 1. The molecule has 2 heterocycles. The Bertz CT molecular complexity index is 972. The molecule has 1 aromatic rings. The van der Waals surface area contributed by atoms with Crippen LogP contribution in [0, 0.1) is 0 Å². The van der Waals surface area contributed by atoms with E-state index in [2.05, 4.69) is 15.5 Å². The van der Waals surface area contributed by atoms with Gasteiger partial charge in [0.25, 0.3) is 17.7 Å². The molecule has 0 radical (unpaired) electrons. The first kappa shape index (κ1) is 22.5. The number of β-lactam (4-membered cyclic amide) rings is 1. The zero-order valence-corrected chi connectivity index (χ0v) is 17.1. The number of amides is 3. The van der Waals surface area contributed by atoms with E-state index in [1.165, 1.54) is 26.2 Å². The van der Waals surface area contributed by atoms with Gasteiger partial charge in [0.2, 0.25) is 5.60 Å². The van der Waals surface area contributed by atoms with E-state index in [1.807, 2.05) is 5.43 Å². The summed E-state index contributed by atoms with van der Waals surface area (Å²) < 4.78 is 31.6. The van der Waals surface area contributed by atoms with Crippen LogP contribution in [-0.4, -0.2) is 63.4 Å². The summed E-state index contributed by atoms with van der Waals surface area (Å²) in [7, 11) is -4.75. The largest absolute Gasteiger partial charge is 0.379 e. The highest BCUT2D eigenvalue weighted by molar-refractivity contribution is 7.84. The molecule has 14 nitrogen and oxygen atoms in total. The van der Waals surface area contributed by atoms with Crippen molar-refractivity contribution in [2.24, 2.45) is 11.0 Å². The second kappa shape index (κ2) is 7.90. The van der Waals surface area contributed by atoms with Gasteiger partial charge in [-0.1, -0.05) is 5.16 Å². The summed E-state index contributed by atoms with van der Waals surface area (Å²) in [5.74, 6) is 2.35. The first-order valence-corrected chi connectivity index (χ1v) is 10.2. The molecule has 1 aliphatic rings. The summed E-state index contributed by atoms with van der Waals surface area (Å²) in [6.07, 6.45) is 0. The van der Waals surface area contributed by atoms with E-state index in [9.17, 15) is 22.8 Å². The number of rotatable bonds is 7. The van der Waals surface area contributed by atoms with Gasteiger partial charge in [-0.15, -0.1) is 11.3 Å². The molecule has 160 valence electrons. The normalized spacial score (nSPS) is 20.1. The summed E-state index contributed by atoms with van der Waals surface area (Å²) in [6, 6.07) is -2.28. The number of nitrogens with two attached hydrogens (primary N) is 2. The average Bonchev–Trinajstić information content (AvgIpc) is 3.03. The van der Waals surface area contributed by atoms with E-state index < -0.39 is 51.4 Å². The average molecular weight is 449 g/mol. The molecule has 2 atom stereocenters. The number of carbonyl (C=O) groups is 3. The van der Waals surface area contributed by atoms with Crippen LogP contribution in [0.25, 0.3) is 0 Å². The van der Waals surface area contributed by atoms with E-state index in [4.69, 9.17) is 21.0 Å². The molecule has 0 spiro atoms. The Morgan fingerprint density at radius 2 is 2.07 bits per heavy atom. The second-order valence-corrected chi connectivity index (χ2v) is 8.57. The van der Waals surface area contributed by atoms with Crippen LogP contribution in [0.15, 0.2) is 10.5 Å². The lowest BCUT2D eigenvalue weighted by atomic mass is 10.0. The van der Waals surface area contributed by atoms with Crippen LogP contribution < -0.4 is 22.3 Å². The van der Waals surface area contributed by atoms with Gasteiger partial charge in [-0.05, 0) is 20.8 Å². The predicted octanol–water partition coefficient (Wildman–Crippen LogP) is -2.27. The monoisotopic (exact) mass is 449 g/mol. The zero-order valence-electron chi connectivity index (χ0n) is 15.4. The molecule has 2 unspecified atom stereocenters. The molecule has 3 amide bonds. The van der Waals surface area contributed by atoms with Crippen molar-refractivity contribution < 1.29 is 32.2 Å². The Kier molecular flexibility index (Phi) is 6.12. The van der Waals surface area contributed by atoms with Crippen LogP contribution in [-0.2, 0) is 29.5 Å². The molecule has 16 heteroatoms. The van der Waals surface area contributed by atoms with Crippen molar-refractivity contribution in [2.75, 3.05) is 5.73 Å². The van der Waals surface area contributed by atoms with Crippen LogP contribution in [0.2, 0.25) is 0 Å². The first-order chi connectivity index (χ1) is 13.3. The molecule has 1 aliphatic heterocycles. The van der Waals surface area contributed by atoms with Gasteiger partial charge < -0.3 is 15.9 Å². The molecule has 2 rings (SSSR count). The number of oxime groups is 1. The Balaban J connectivity index is 2.26. The summed E-state index contributed by atoms with van der Waals surface area (Å²) in [6.45, 7) is 3.99. The SMILES string of the molecule is CC1C(NC(=O)/C(=N/OC(C)(C)C(=O)NN)c2csc(N)n2)C(=O)N1S(=O)(=O)O. The molecule has 1 fully saturated rings. The standard InChI is InChI=1S/C13H19N7O7S2/c1-5-7(10(22)20(5)29(24,25)26)17-9(21)8(6-4-28-12(14)16-6)19-27-13(2,3)11(23)18-15/h4-5,7H,15H2,1-3H3,(H2,14,16)(H,17,21)(H,18,23)(H,24,25,26)/b19-8+. The molecule has 1 saturated heterocycles. The molecule has 1 aromatic heterocycles. The van der Waals surface area contributed by atoms with Crippen molar-refractivity contribution in [3.05, 3.63) is 11.1 Å². The minimum atomic E-state index is -4.75. The highest BCUT2D eigenvalue weighted by Gasteiger charge is 2.51. The molecule has 0 aromatic carbocycles. The lowest BCUT2D eigenvalue weighted by Crippen LogP contribution is -2.71. The third-order valence-corrected chi connectivity index (χ3v) is 5.58. The van der Waals surface area contributed by atoms with Crippen molar-refractivity contribution >= 4 is 50.2 Å². The maximum Gasteiger partial charge on any atom is 0.362 e. The lowest BCUT2D eigenvalue weighted by molar-refractivity contribution is -0.144. The van der Waals surface area contributed by atoms with Crippen molar-refractivity contribution in [1.29, 1.82) is 0 Å². The second-order valence-electron chi connectivity index (χ2n) is 6.39. The van der Waals surface area contributed by atoms with Gasteiger partial charge in [0.15, 0.2) is 10.8 Å². The first-order valence-electron chi connectivity index (χ1n) is 7.89. The Labute approximate surface area is 169 Å². The predicted molar refractivity (Wildman–Crippen MR) is 100 cm³/mol. The van der Waals surface area contributed by atoms with Gasteiger partial charge in [-0.2, -0.15) is 8.42 Å². The molecular weight excluding hydrogens is 430 g/mol. The maximum absolute atomic E-state index is 12.7. The van der Waals surface area contributed by atoms with Crippen molar-refractivity contribution in [2.45, 2.75) is 38.5 Å². The van der Waals surface area contributed by atoms with E-state index in [1.54, 1.807) is 0 Å². The fourth-order valence-electron chi connectivity index (χ4n) is 2.29. The quantitative estimate of drug-likeness (QED) is 0.0750. The van der Waals surface area contributed by atoms with E-state index in [-0.39, 0.29) is 15.1 Å². The number of aromatic nitrogens is 1. The van der Waals surface area contributed by atoms with Gasteiger partial charge in [-0.3, -0.25) is 24.4 Å². The van der Waals surface area contributed by atoms with Crippen LogP contribution in [0.4, 0.5) is 5.13 Å². The van der Waals surface area contributed by atoms with E-state index >= 15 is 0 Å². The molecule has 0 saturated carbocycles. The summed E-state index contributed by atoms with van der Waals surface area (Å²) in [5.41, 5.74) is 5.48. The summed E-state index contributed by atoms with van der Waals surface area (Å²) in [5, 5.41) is 7.46. The van der Waals surface area contributed by atoms with Crippen molar-refractivity contribution in [1.82, 2.24) is 20.0 Å². The fraction of sp³-hybridized carbons (Fsp3) is 0.462. The summed E-state index contributed by atoms with van der Waals surface area (Å²) >= 11 is 1.00. The van der Waals surface area contributed by atoms with Gasteiger partial charge in [0.1, 0.15) is 11.7 Å². The molecule has 29 heavy (non-hydrogen) atoms. The molecule has 0 aliphatic carbocycles. The highest BCUT2D eigenvalue weighted by atomic mass is 32.2. The number of thiazole rings is 1. The topological polar surface area (TPSA) is 219 Å². The number of hydrogen-bond acceptors (Lipinski definition) is 11. The highest BCUT2D eigenvalue weighted by Crippen LogP contribution is 2.23. The summed E-state index contributed by atoms with van der Waals surface area (Å²) in [4.78, 5) is 45.4. The van der Waals surface area contributed by atoms with Crippen LogP contribution >= 0.6 is 11.3 Å². The number of carbonyl (C=O) groups excluding carboxylic acids is 3. The van der Waals surface area contributed by atoms with Crippen LogP contribution in [0.5, 0.6) is 0 Å². The number of nitrogens with one attached hydrogen (secondary N) is 2. The number of nitrogen functional groups attached to an aromatic ring is 1. The third-order valence-electron chi connectivity index (χ3n) is 3.89. The number of anilines is 1. The van der Waals surface area contributed by atoms with Gasteiger partial charge in [0.05, 0.1) is 6.04 Å².